The van der Waals surface area contributed by atoms with E-state index in [2.05, 4.69) is 27.9 Å². The second-order valence-corrected chi connectivity index (χ2v) is 7.44. The number of hydrogen-bond donors (Lipinski definition) is 4. The minimum absolute atomic E-state index is 0.0352. The van der Waals surface area contributed by atoms with E-state index in [4.69, 9.17) is 10.5 Å². The zero-order valence-corrected chi connectivity index (χ0v) is 17.8. The lowest BCUT2D eigenvalue weighted by Gasteiger charge is -2.23. The third-order valence-corrected chi connectivity index (χ3v) is 4.82. The predicted molar refractivity (Wildman–Crippen MR) is 119 cm³/mol. The number of allylic oxidation sites excluding steroid dienone is 1. The molecule has 0 aliphatic heterocycles. The van der Waals surface area contributed by atoms with Gasteiger partial charge in [-0.05, 0) is 78.8 Å². The van der Waals surface area contributed by atoms with Crippen molar-refractivity contribution in [3.63, 3.8) is 0 Å². The summed E-state index contributed by atoms with van der Waals surface area (Å²) >= 11 is 2.13. The number of para-hydroxylation sites is 2. The fourth-order valence-corrected chi connectivity index (χ4v) is 3.26. The van der Waals surface area contributed by atoms with Crippen LogP contribution in [0.15, 0.2) is 54.6 Å². The lowest BCUT2D eigenvalue weighted by Crippen LogP contribution is -2.22. The molecule has 0 aliphatic rings. The molecule has 0 saturated heterocycles. The summed E-state index contributed by atoms with van der Waals surface area (Å²) in [5.74, 6) is -0.241. The number of nitrogens with two attached hydrogens (primary N) is 1. The zero-order valence-electron chi connectivity index (χ0n) is 15.6. The van der Waals surface area contributed by atoms with Gasteiger partial charge in [0.2, 0.25) is 5.91 Å². The van der Waals surface area contributed by atoms with Crippen molar-refractivity contribution < 1.29 is 19.7 Å². The lowest BCUT2D eigenvalue weighted by molar-refractivity contribution is -0.111. The van der Waals surface area contributed by atoms with Crippen molar-refractivity contribution in [2.45, 2.75) is 32.0 Å². The van der Waals surface area contributed by atoms with Gasteiger partial charge in [-0.15, -0.1) is 0 Å². The first kappa shape index (κ1) is 22.2. The van der Waals surface area contributed by atoms with Gasteiger partial charge in [0.05, 0.1) is 17.5 Å². The van der Waals surface area contributed by atoms with Crippen molar-refractivity contribution in [2.75, 3.05) is 17.7 Å². The quantitative estimate of drug-likeness (QED) is 0.239. The van der Waals surface area contributed by atoms with E-state index in [1.807, 2.05) is 6.92 Å². The first-order chi connectivity index (χ1) is 13.4. The average Bonchev–Trinajstić information content (AvgIpc) is 2.67. The number of nitrogens with one attached hydrogen (secondary N) is 1. The summed E-state index contributed by atoms with van der Waals surface area (Å²) in [6.07, 6.45) is 2.74. The van der Waals surface area contributed by atoms with Crippen LogP contribution in [0.1, 0.15) is 31.4 Å². The summed E-state index contributed by atoms with van der Waals surface area (Å²) in [5, 5.41) is 23.4. The van der Waals surface area contributed by atoms with E-state index in [0.717, 1.165) is 3.57 Å². The number of hydrogen-bond acceptors (Lipinski definition) is 5. The molecule has 7 heteroatoms. The molecule has 0 radical (unpaired) electrons. The standard InChI is InChI=1S/C21H25IN2O4/c1-2-28-19(21(27)15-13-14(22)11-12-18(15)25)9-5-6-10-20(26)24-17-8-4-3-7-16(17)23/h3-4,6-8,10-13,19,21,25,27H,2,5,9,23H2,1H3,(H,24,26)/b10-6+/t19-,21-/m1/s1. The van der Waals surface area contributed by atoms with E-state index in [1.54, 1.807) is 48.5 Å². The van der Waals surface area contributed by atoms with Crippen molar-refractivity contribution in [3.05, 3.63) is 63.8 Å². The van der Waals surface area contributed by atoms with Gasteiger partial charge < -0.3 is 26.0 Å². The summed E-state index contributed by atoms with van der Waals surface area (Å²) in [7, 11) is 0. The number of amides is 1. The second kappa shape index (κ2) is 11.0. The number of rotatable bonds is 9. The van der Waals surface area contributed by atoms with Crippen LogP contribution in [0, 0.1) is 3.57 Å². The van der Waals surface area contributed by atoms with E-state index in [-0.39, 0.29) is 11.7 Å². The Balaban J connectivity index is 1.93. The topological polar surface area (TPSA) is 105 Å². The molecule has 0 saturated carbocycles. The Kier molecular flexibility index (Phi) is 8.75. The van der Waals surface area contributed by atoms with Crippen LogP contribution in [0.2, 0.25) is 0 Å². The molecule has 0 bridgehead atoms. The van der Waals surface area contributed by atoms with Crippen LogP contribution in [0.4, 0.5) is 11.4 Å². The molecule has 0 aromatic heterocycles. The Labute approximate surface area is 178 Å². The molecule has 28 heavy (non-hydrogen) atoms. The van der Waals surface area contributed by atoms with Crippen molar-refractivity contribution in [3.8, 4) is 5.75 Å². The highest BCUT2D eigenvalue weighted by molar-refractivity contribution is 14.1. The van der Waals surface area contributed by atoms with Crippen molar-refractivity contribution in [1.29, 1.82) is 0 Å². The number of aliphatic hydroxyl groups excluding tert-OH is 1. The van der Waals surface area contributed by atoms with Crippen LogP contribution < -0.4 is 11.1 Å². The molecular formula is C21H25IN2O4. The number of phenolic OH excluding ortho intramolecular Hbond substituents is 1. The van der Waals surface area contributed by atoms with Crippen LogP contribution in [0.3, 0.4) is 0 Å². The van der Waals surface area contributed by atoms with E-state index in [1.165, 1.54) is 6.08 Å². The molecule has 6 nitrogen and oxygen atoms in total. The highest BCUT2D eigenvalue weighted by atomic mass is 127. The van der Waals surface area contributed by atoms with Gasteiger partial charge in [0.15, 0.2) is 0 Å². The third kappa shape index (κ3) is 6.50. The first-order valence-corrected chi connectivity index (χ1v) is 10.1. The Bertz CT molecular complexity index is 826. The van der Waals surface area contributed by atoms with Gasteiger partial charge in [-0.3, -0.25) is 4.79 Å². The number of aliphatic hydroxyl groups is 1. The minimum Gasteiger partial charge on any atom is -0.508 e. The minimum atomic E-state index is -0.957. The van der Waals surface area contributed by atoms with Crippen LogP contribution in [0.5, 0.6) is 5.75 Å². The van der Waals surface area contributed by atoms with Gasteiger partial charge in [-0.1, -0.05) is 18.2 Å². The number of benzene rings is 2. The maximum Gasteiger partial charge on any atom is 0.248 e. The SMILES string of the molecule is CCO[C@H](CC/C=C/C(=O)Nc1ccccc1N)[C@H](O)c1cc(I)ccc1O. The maximum atomic E-state index is 12.0. The van der Waals surface area contributed by atoms with Crippen LogP contribution in [0.25, 0.3) is 0 Å². The van der Waals surface area contributed by atoms with Gasteiger partial charge in [-0.25, -0.2) is 0 Å². The molecule has 0 heterocycles. The number of ether oxygens (including phenoxy) is 1. The van der Waals surface area contributed by atoms with Gasteiger partial charge in [-0.2, -0.15) is 0 Å². The molecule has 2 rings (SSSR count). The molecular weight excluding hydrogens is 471 g/mol. The number of nitrogen functional groups attached to an aromatic ring is 1. The number of aromatic hydroxyl groups is 1. The predicted octanol–water partition coefficient (Wildman–Crippen LogP) is 3.99. The van der Waals surface area contributed by atoms with E-state index in [0.29, 0.717) is 36.4 Å². The summed E-state index contributed by atoms with van der Waals surface area (Å²) in [4.78, 5) is 12.0. The van der Waals surface area contributed by atoms with E-state index < -0.39 is 12.2 Å². The molecule has 0 fully saturated rings. The van der Waals surface area contributed by atoms with Crippen molar-refractivity contribution in [2.24, 2.45) is 0 Å². The van der Waals surface area contributed by atoms with Crippen LogP contribution in [-0.2, 0) is 9.53 Å². The highest BCUT2D eigenvalue weighted by Gasteiger charge is 2.23. The third-order valence-electron chi connectivity index (χ3n) is 4.15. The molecule has 0 aliphatic carbocycles. The Morgan fingerprint density at radius 1 is 1.32 bits per heavy atom. The normalized spacial score (nSPS) is 13.4. The molecule has 0 unspecified atom stereocenters. The average molecular weight is 496 g/mol. The van der Waals surface area contributed by atoms with E-state index in [9.17, 15) is 15.0 Å². The summed E-state index contributed by atoms with van der Waals surface area (Å²) in [5.41, 5.74) is 7.31. The number of anilines is 2. The molecule has 5 N–H and O–H groups in total. The maximum absolute atomic E-state index is 12.0. The van der Waals surface area contributed by atoms with Gasteiger partial charge in [0, 0.05) is 15.7 Å². The number of phenols is 1. The highest BCUT2D eigenvalue weighted by Crippen LogP contribution is 2.31. The van der Waals surface area contributed by atoms with E-state index >= 15 is 0 Å². The monoisotopic (exact) mass is 496 g/mol. The molecule has 150 valence electrons. The summed E-state index contributed by atoms with van der Waals surface area (Å²) in [6, 6.07) is 12.1. The van der Waals surface area contributed by atoms with Crippen LogP contribution in [-0.4, -0.2) is 28.8 Å². The molecule has 0 spiro atoms. The fourth-order valence-electron chi connectivity index (χ4n) is 2.75. The fraction of sp³-hybridized carbons (Fsp3) is 0.286. The van der Waals surface area contributed by atoms with Gasteiger partial charge >= 0.3 is 0 Å². The molecule has 2 aromatic carbocycles. The molecule has 2 aromatic rings. The zero-order chi connectivity index (χ0) is 20.5. The molecule has 2 atom stereocenters. The van der Waals surface area contributed by atoms with Gasteiger partial charge in [0.1, 0.15) is 11.9 Å². The number of halogens is 1. The molecule has 1 amide bonds. The summed E-state index contributed by atoms with van der Waals surface area (Å²) in [6.45, 7) is 2.28. The number of carbonyl (C=O) groups excluding carboxylic acids is 1. The van der Waals surface area contributed by atoms with Gasteiger partial charge in [0.25, 0.3) is 0 Å². The Hall–Kier alpha value is -2.10. The van der Waals surface area contributed by atoms with Crippen molar-refractivity contribution in [1.82, 2.24) is 0 Å². The Morgan fingerprint density at radius 2 is 2.07 bits per heavy atom. The second-order valence-electron chi connectivity index (χ2n) is 6.20. The number of carbonyl (C=O) groups is 1. The smallest absolute Gasteiger partial charge is 0.248 e. The Morgan fingerprint density at radius 3 is 2.79 bits per heavy atom. The summed E-state index contributed by atoms with van der Waals surface area (Å²) < 4.78 is 6.57. The van der Waals surface area contributed by atoms with Crippen LogP contribution >= 0.6 is 22.6 Å². The van der Waals surface area contributed by atoms with Crippen molar-refractivity contribution >= 4 is 39.9 Å². The largest absolute Gasteiger partial charge is 0.508 e. The lowest BCUT2D eigenvalue weighted by atomic mass is 9.99. The first-order valence-electron chi connectivity index (χ1n) is 9.02.